The van der Waals surface area contributed by atoms with Crippen molar-refractivity contribution in [3.8, 4) is 0 Å². The number of carbonyl (C=O) groups is 2. The average molecular weight is 311 g/mol. The maximum Gasteiger partial charge on any atom is 0.405 e. The summed E-state index contributed by atoms with van der Waals surface area (Å²) < 4.78 is 0. The summed E-state index contributed by atoms with van der Waals surface area (Å²) in [5.74, 6) is 0.154. The minimum Gasteiger partial charge on any atom is -0.465 e. The Hall–Kier alpha value is -1.30. The molecule has 0 aromatic rings. The van der Waals surface area contributed by atoms with Crippen molar-refractivity contribution in [3.63, 3.8) is 0 Å². The van der Waals surface area contributed by atoms with Crippen LogP contribution in [0.15, 0.2) is 0 Å². The molecule has 2 saturated heterocycles. The van der Waals surface area contributed by atoms with Crippen LogP contribution in [0.3, 0.4) is 0 Å². The van der Waals surface area contributed by atoms with Crippen molar-refractivity contribution in [2.75, 3.05) is 26.2 Å². The van der Waals surface area contributed by atoms with Crippen LogP contribution in [0.2, 0.25) is 0 Å². The first-order valence-corrected chi connectivity index (χ1v) is 8.36. The van der Waals surface area contributed by atoms with Gasteiger partial charge in [-0.05, 0) is 44.1 Å². The Kier molecular flexibility index (Phi) is 5.32. The summed E-state index contributed by atoms with van der Waals surface area (Å²) in [5.41, 5.74) is -1.00. The van der Waals surface area contributed by atoms with Crippen LogP contribution in [0.4, 0.5) is 4.79 Å². The Morgan fingerprint density at radius 2 is 1.91 bits per heavy atom. The lowest BCUT2D eigenvalue weighted by Gasteiger charge is -2.49. The number of likely N-dealkylation sites (tertiary alicyclic amines) is 1. The van der Waals surface area contributed by atoms with Crippen LogP contribution in [0.5, 0.6) is 0 Å². The van der Waals surface area contributed by atoms with Crippen LogP contribution < -0.4 is 10.6 Å². The van der Waals surface area contributed by atoms with E-state index in [1.807, 2.05) is 18.7 Å². The number of hydrogen-bond acceptors (Lipinski definition) is 3. The minimum absolute atomic E-state index is 0.154. The first-order valence-electron chi connectivity index (χ1n) is 8.36. The fourth-order valence-corrected chi connectivity index (χ4v) is 3.77. The molecule has 0 saturated carbocycles. The van der Waals surface area contributed by atoms with Gasteiger partial charge in [-0.3, -0.25) is 4.79 Å². The van der Waals surface area contributed by atoms with E-state index in [1.54, 1.807) is 0 Å². The van der Waals surface area contributed by atoms with Gasteiger partial charge in [0, 0.05) is 26.1 Å². The number of nitrogens with one attached hydrogen (secondary N) is 2. The van der Waals surface area contributed by atoms with E-state index in [0.717, 1.165) is 45.3 Å². The van der Waals surface area contributed by atoms with Crippen LogP contribution >= 0.6 is 0 Å². The van der Waals surface area contributed by atoms with Crippen LogP contribution in [-0.2, 0) is 4.79 Å². The van der Waals surface area contributed by atoms with Gasteiger partial charge < -0.3 is 20.6 Å². The summed E-state index contributed by atoms with van der Waals surface area (Å²) >= 11 is 0. The maximum absolute atomic E-state index is 12.6. The van der Waals surface area contributed by atoms with E-state index in [0.29, 0.717) is 13.0 Å². The average Bonchev–Trinajstić information content (AvgIpc) is 2.48. The summed E-state index contributed by atoms with van der Waals surface area (Å²) in [7, 11) is 0. The molecule has 2 fully saturated rings. The lowest BCUT2D eigenvalue weighted by molar-refractivity contribution is -0.135. The summed E-state index contributed by atoms with van der Waals surface area (Å²) in [6.45, 7) is 7.19. The van der Waals surface area contributed by atoms with E-state index < -0.39 is 17.0 Å². The third-order valence-corrected chi connectivity index (χ3v) is 5.33. The van der Waals surface area contributed by atoms with Crippen LogP contribution in [0, 0.1) is 5.41 Å². The van der Waals surface area contributed by atoms with Crippen molar-refractivity contribution < 1.29 is 14.7 Å². The molecule has 2 amide bonds. The predicted molar refractivity (Wildman–Crippen MR) is 84.8 cm³/mol. The molecule has 1 atom stereocenters. The van der Waals surface area contributed by atoms with Crippen molar-refractivity contribution in [2.45, 2.75) is 57.9 Å². The van der Waals surface area contributed by atoms with Gasteiger partial charge in [0.2, 0.25) is 5.91 Å². The number of piperidine rings is 2. The zero-order valence-electron chi connectivity index (χ0n) is 13.8. The fraction of sp³-hybridized carbons (Fsp3) is 0.875. The number of amides is 2. The second-order valence-corrected chi connectivity index (χ2v) is 7.29. The lowest BCUT2D eigenvalue weighted by atomic mass is 9.66. The van der Waals surface area contributed by atoms with Gasteiger partial charge in [-0.1, -0.05) is 13.8 Å². The third-order valence-electron chi connectivity index (χ3n) is 5.33. The molecule has 0 spiro atoms. The van der Waals surface area contributed by atoms with Gasteiger partial charge in [0.25, 0.3) is 0 Å². The highest BCUT2D eigenvalue weighted by atomic mass is 16.4. The number of nitrogens with zero attached hydrogens (tertiary/aromatic N) is 1. The quantitative estimate of drug-likeness (QED) is 0.739. The second-order valence-electron chi connectivity index (χ2n) is 7.29. The van der Waals surface area contributed by atoms with E-state index in [-0.39, 0.29) is 5.91 Å². The lowest BCUT2D eigenvalue weighted by Crippen LogP contribution is -2.65. The topological polar surface area (TPSA) is 81.7 Å². The Balaban J connectivity index is 2.10. The molecule has 0 radical (unpaired) electrons. The Morgan fingerprint density at radius 3 is 2.45 bits per heavy atom. The SMILES string of the molecule is CC(C)(CC(=O)N1CCCCC1)C1(NC(=O)O)CCCNC1. The van der Waals surface area contributed by atoms with Crippen molar-refractivity contribution in [1.29, 1.82) is 0 Å². The van der Waals surface area contributed by atoms with Crippen molar-refractivity contribution in [2.24, 2.45) is 5.41 Å². The van der Waals surface area contributed by atoms with Gasteiger partial charge in [-0.25, -0.2) is 4.79 Å². The number of rotatable bonds is 4. The van der Waals surface area contributed by atoms with Gasteiger partial charge in [0.05, 0.1) is 5.54 Å². The van der Waals surface area contributed by atoms with E-state index in [1.165, 1.54) is 6.42 Å². The van der Waals surface area contributed by atoms with Gasteiger partial charge in [0.15, 0.2) is 0 Å². The zero-order valence-corrected chi connectivity index (χ0v) is 13.8. The van der Waals surface area contributed by atoms with Crippen molar-refractivity contribution in [1.82, 2.24) is 15.5 Å². The van der Waals surface area contributed by atoms with Crippen molar-refractivity contribution in [3.05, 3.63) is 0 Å². The molecule has 3 N–H and O–H groups in total. The van der Waals surface area contributed by atoms with Gasteiger partial charge in [-0.2, -0.15) is 0 Å². The molecule has 2 rings (SSSR count). The van der Waals surface area contributed by atoms with E-state index >= 15 is 0 Å². The highest BCUT2D eigenvalue weighted by Gasteiger charge is 2.48. The first kappa shape index (κ1) is 17.1. The van der Waals surface area contributed by atoms with E-state index in [4.69, 9.17) is 0 Å². The normalized spacial score (nSPS) is 26.5. The molecule has 2 aliphatic rings. The molecule has 6 nitrogen and oxygen atoms in total. The van der Waals surface area contributed by atoms with E-state index in [9.17, 15) is 14.7 Å². The molecular formula is C16H29N3O3. The molecule has 0 aromatic heterocycles. The third kappa shape index (κ3) is 3.72. The molecular weight excluding hydrogens is 282 g/mol. The molecule has 1 unspecified atom stereocenters. The summed E-state index contributed by atoms with van der Waals surface area (Å²) in [6, 6.07) is 0. The molecule has 0 aromatic carbocycles. The molecule has 2 heterocycles. The number of hydrogen-bond donors (Lipinski definition) is 3. The van der Waals surface area contributed by atoms with Gasteiger partial charge >= 0.3 is 6.09 Å². The summed E-state index contributed by atoms with van der Waals surface area (Å²) in [4.78, 5) is 25.8. The van der Waals surface area contributed by atoms with Crippen molar-refractivity contribution >= 4 is 12.0 Å². The highest BCUT2D eigenvalue weighted by molar-refractivity contribution is 5.77. The number of carbonyl (C=O) groups excluding carboxylic acids is 1. The van der Waals surface area contributed by atoms with Crippen LogP contribution in [0.1, 0.15) is 52.4 Å². The maximum atomic E-state index is 12.6. The standard InChI is InChI=1S/C16H29N3O3/c1-15(2,11-13(20)19-9-4-3-5-10-19)16(18-14(21)22)7-6-8-17-12-16/h17-18H,3-12H2,1-2H3,(H,21,22). The van der Waals surface area contributed by atoms with Gasteiger partial charge in [0.1, 0.15) is 0 Å². The molecule has 0 aliphatic carbocycles. The number of carboxylic acid groups (broad SMARTS) is 1. The van der Waals surface area contributed by atoms with Crippen LogP contribution in [0.25, 0.3) is 0 Å². The highest BCUT2D eigenvalue weighted by Crippen LogP contribution is 2.39. The molecule has 2 aliphatic heterocycles. The Labute approximate surface area is 132 Å². The smallest absolute Gasteiger partial charge is 0.405 e. The van der Waals surface area contributed by atoms with Gasteiger partial charge in [-0.15, -0.1) is 0 Å². The monoisotopic (exact) mass is 311 g/mol. The summed E-state index contributed by atoms with van der Waals surface area (Å²) in [5, 5.41) is 15.3. The second kappa shape index (κ2) is 6.86. The zero-order chi connectivity index (χ0) is 16.2. The minimum atomic E-state index is -1.01. The molecule has 22 heavy (non-hydrogen) atoms. The first-order chi connectivity index (χ1) is 10.4. The molecule has 0 bridgehead atoms. The Morgan fingerprint density at radius 1 is 1.23 bits per heavy atom. The fourth-order valence-electron chi connectivity index (χ4n) is 3.77. The Bertz CT molecular complexity index is 411. The van der Waals surface area contributed by atoms with E-state index in [2.05, 4.69) is 10.6 Å². The molecule has 126 valence electrons. The molecule has 6 heteroatoms. The predicted octanol–water partition coefficient (Wildman–Crippen LogP) is 1.80. The van der Waals surface area contributed by atoms with Crippen LogP contribution in [-0.4, -0.2) is 53.7 Å². The largest absolute Gasteiger partial charge is 0.465 e. The summed E-state index contributed by atoms with van der Waals surface area (Å²) in [6.07, 6.45) is 4.41.